The third-order valence-electron chi connectivity index (χ3n) is 2.60. The molecule has 2 rings (SSSR count). The van der Waals surface area contributed by atoms with Crippen molar-refractivity contribution in [3.63, 3.8) is 0 Å². The molecular formula is C15H13ClO3. The van der Waals surface area contributed by atoms with Crippen molar-refractivity contribution >= 4 is 17.6 Å². The summed E-state index contributed by atoms with van der Waals surface area (Å²) in [4.78, 5) is 10.6. The van der Waals surface area contributed by atoms with E-state index in [0.717, 1.165) is 16.9 Å². The first kappa shape index (κ1) is 13.4. The highest BCUT2D eigenvalue weighted by Gasteiger charge is 2.01. The van der Waals surface area contributed by atoms with Crippen molar-refractivity contribution in [2.24, 2.45) is 0 Å². The molecule has 0 aliphatic heterocycles. The Hall–Kier alpha value is -2.00. The van der Waals surface area contributed by atoms with Gasteiger partial charge < -0.3 is 9.84 Å². The molecule has 0 unspecified atom stereocenters. The van der Waals surface area contributed by atoms with Gasteiger partial charge in [-0.1, -0.05) is 35.9 Å². The molecule has 0 aliphatic carbocycles. The second kappa shape index (κ2) is 6.25. The molecule has 0 spiro atoms. The van der Waals surface area contributed by atoms with Crippen molar-refractivity contribution < 1.29 is 14.6 Å². The van der Waals surface area contributed by atoms with Gasteiger partial charge in [-0.25, -0.2) is 0 Å². The Morgan fingerprint density at radius 2 is 1.58 bits per heavy atom. The maximum atomic E-state index is 10.6. The Morgan fingerprint density at radius 3 is 2.16 bits per heavy atom. The van der Waals surface area contributed by atoms with Gasteiger partial charge in [0.25, 0.3) is 0 Å². The standard InChI is InChI=1S/C15H13ClO3/c16-13-5-7-14(8-6-13)19-10-12-3-1-11(2-4-12)9-15(17)18/h1-8H,9-10H2,(H,17,18). The fourth-order valence-electron chi connectivity index (χ4n) is 1.63. The zero-order chi connectivity index (χ0) is 13.7. The summed E-state index contributed by atoms with van der Waals surface area (Å²) in [5.41, 5.74) is 1.77. The molecule has 0 aliphatic rings. The summed E-state index contributed by atoms with van der Waals surface area (Å²) in [5, 5.41) is 9.35. The first-order valence-corrected chi connectivity index (χ1v) is 6.19. The average molecular weight is 277 g/mol. The minimum absolute atomic E-state index is 0.0400. The molecule has 4 heteroatoms. The molecule has 0 saturated heterocycles. The zero-order valence-corrected chi connectivity index (χ0v) is 10.9. The van der Waals surface area contributed by atoms with E-state index in [9.17, 15) is 4.79 Å². The monoisotopic (exact) mass is 276 g/mol. The van der Waals surface area contributed by atoms with Gasteiger partial charge in [0, 0.05) is 5.02 Å². The van der Waals surface area contributed by atoms with Crippen LogP contribution in [0.25, 0.3) is 0 Å². The SMILES string of the molecule is O=C(O)Cc1ccc(COc2ccc(Cl)cc2)cc1. The fraction of sp³-hybridized carbons (Fsp3) is 0.133. The number of rotatable bonds is 5. The molecule has 2 aromatic carbocycles. The van der Waals surface area contributed by atoms with Gasteiger partial charge in [0.2, 0.25) is 0 Å². The lowest BCUT2D eigenvalue weighted by Crippen LogP contribution is -2.00. The summed E-state index contributed by atoms with van der Waals surface area (Å²) in [6.07, 6.45) is 0.0400. The molecular weight excluding hydrogens is 264 g/mol. The maximum absolute atomic E-state index is 10.6. The molecule has 2 aromatic rings. The maximum Gasteiger partial charge on any atom is 0.307 e. The number of ether oxygens (including phenoxy) is 1. The van der Waals surface area contributed by atoms with Crippen LogP contribution in [0.5, 0.6) is 5.75 Å². The van der Waals surface area contributed by atoms with Crippen molar-refractivity contribution in [3.8, 4) is 5.75 Å². The number of carboxylic acid groups (broad SMARTS) is 1. The molecule has 1 N–H and O–H groups in total. The van der Waals surface area contributed by atoms with E-state index in [1.165, 1.54) is 0 Å². The Balaban J connectivity index is 1.92. The zero-order valence-electron chi connectivity index (χ0n) is 10.2. The molecule has 0 fully saturated rings. The third-order valence-corrected chi connectivity index (χ3v) is 2.85. The number of halogens is 1. The van der Waals surface area contributed by atoms with Crippen LogP contribution in [0.2, 0.25) is 5.02 Å². The second-order valence-electron chi connectivity index (χ2n) is 4.13. The van der Waals surface area contributed by atoms with Crippen LogP contribution in [0.4, 0.5) is 0 Å². The van der Waals surface area contributed by atoms with Crippen molar-refractivity contribution in [2.45, 2.75) is 13.0 Å². The van der Waals surface area contributed by atoms with Crippen molar-refractivity contribution in [1.82, 2.24) is 0 Å². The number of aliphatic carboxylic acids is 1. The van der Waals surface area contributed by atoms with Crippen LogP contribution >= 0.6 is 11.6 Å². The van der Waals surface area contributed by atoms with Crippen LogP contribution in [0.15, 0.2) is 48.5 Å². The average Bonchev–Trinajstić information content (AvgIpc) is 2.39. The van der Waals surface area contributed by atoms with Crippen molar-refractivity contribution in [2.75, 3.05) is 0 Å². The van der Waals surface area contributed by atoms with E-state index >= 15 is 0 Å². The molecule has 0 bridgehead atoms. The number of carboxylic acids is 1. The molecule has 19 heavy (non-hydrogen) atoms. The van der Waals surface area contributed by atoms with Gasteiger partial charge in [0.05, 0.1) is 6.42 Å². The van der Waals surface area contributed by atoms with E-state index in [1.54, 1.807) is 36.4 Å². The Kier molecular flexibility index (Phi) is 4.42. The van der Waals surface area contributed by atoms with Gasteiger partial charge in [-0.05, 0) is 35.4 Å². The van der Waals surface area contributed by atoms with Crippen LogP contribution < -0.4 is 4.74 Å². The van der Waals surface area contributed by atoms with E-state index in [1.807, 2.05) is 12.1 Å². The van der Waals surface area contributed by atoms with E-state index < -0.39 is 5.97 Å². The van der Waals surface area contributed by atoms with Gasteiger partial charge in [-0.3, -0.25) is 4.79 Å². The van der Waals surface area contributed by atoms with Crippen LogP contribution in [0.1, 0.15) is 11.1 Å². The molecule has 0 aromatic heterocycles. The van der Waals surface area contributed by atoms with Crippen LogP contribution in [0, 0.1) is 0 Å². The molecule has 3 nitrogen and oxygen atoms in total. The quantitative estimate of drug-likeness (QED) is 0.908. The number of hydrogen-bond acceptors (Lipinski definition) is 2. The van der Waals surface area contributed by atoms with Gasteiger partial charge >= 0.3 is 5.97 Å². The molecule has 0 radical (unpaired) electrons. The summed E-state index contributed by atoms with van der Waals surface area (Å²) in [5.74, 6) is -0.0795. The summed E-state index contributed by atoms with van der Waals surface area (Å²) in [7, 11) is 0. The third kappa shape index (κ3) is 4.30. The highest BCUT2D eigenvalue weighted by atomic mass is 35.5. The normalized spacial score (nSPS) is 10.2. The Morgan fingerprint density at radius 1 is 1.00 bits per heavy atom. The van der Waals surface area contributed by atoms with Crippen LogP contribution in [-0.4, -0.2) is 11.1 Å². The molecule has 0 amide bonds. The summed E-state index contributed by atoms with van der Waals surface area (Å²) in [6.45, 7) is 0.439. The Bertz CT molecular complexity index is 547. The molecule has 0 heterocycles. The van der Waals surface area contributed by atoms with Crippen LogP contribution in [-0.2, 0) is 17.8 Å². The van der Waals surface area contributed by atoms with E-state index in [0.29, 0.717) is 11.6 Å². The molecule has 0 atom stereocenters. The lowest BCUT2D eigenvalue weighted by molar-refractivity contribution is -0.136. The first-order valence-electron chi connectivity index (χ1n) is 5.81. The van der Waals surface area contributed by atoms with Gasteiger partial charge in [-0.15, -0.1) is 0 Å². The molecule has 0 saturated carbocycles. The molecule has 98 valence electrons. The van der Waals surface area contributed by atoms with Crippen molar-refractivity contribution in [1.29, 1.82) is 0 Å². The minimum atomic E-state index is -0.829. The van der Waals surface area contributed by atoms with Crippen LogP contribution in [0.3, 0.4) is 0 Å². The Labute approximate surface area is 116 Å². The minimum Gasteiger partial charge on any atom is -0.489 e. The van der Waals surface area contributed by atoms with E-state index in [4.69, 9.17) is 21.4 Å². The van der Waals surface area contributed by atoms with Crippen molar-refractivity contribution in [3.05, 3.63) is 64.7 Å². The fourth-order valence-corrected chi connectivity index (χ4v) is 1.75. The van der Waals surface area contributed by atoms with Gasteiger partial charge in [-0.2, -0.15) is 0 Å². The smallest absolute Gasteiger partial charge is 0.307 e. The predicted molar refractivity (Wildman–Crippen MR) is 73.6 cm³/mol. The first-order chi connectivity index (χ1) is 9.13. The highest BCUT2D eigenvalue weighted by molar-refractivity contribution is 6.30. The topological polar surface area (TPSA) is 46.5 Å². The van der Waals surface area contributed by atoms with E-state index in [-0.39, 0.29) is 6.42 Å². The number of hydrogen-bond donors (Lipinski definition) is 1. The summed E-state index contributed by atoms with van der Waals surface area (Å²) < 4.78 is 5.59. The second-order valence-corrected chi connectivity index (χ2v) is 4.57. The number of carbonyl (C=O) groups is 1. The predicted octanol–water partition coefficient (Wildman–Crippen LogP) is 3.55. The number of benzene rings is 2. The van der Waals surface area contributed by atoms with E-state index in [2.05, 4.69) is 0 Å². The highest BCUT2D eigenvalue weighted by Crippen LogP contribution is 2.17. The summed E-state index contributed by atoms with van der Waals surface area (Å²) >= 11 is 5.78. The summed E-state index contributed by atoms with van der Waals surface area (Å²) in [6, 6.07) is 14.5. The van der Waals surface area contributed by atoms with Gasteiger partial charge in [0.1, 0.15) is 12.4 Å². The lowest BCUT2D eigenvalue weighted by Gasteiger charge is -2.07. The lowest BCUT2D eigenvalue weighted by atomic mass is 10.1. The van der Waals surface area contributed by atoms with Gasteiger partial charge in [0.15, 0.2) is 0 Å². The largest absolute Gasteiger partial charge is 0.489 e.